The van der Waals surface area contributed by atoms with Crippen molar-refractivity contribution >= 4 is 17.8 Å². The lowest BCUT2D eigenvalue weighted by Crippen LogP contribution is -2.26. The van der Waals surface area contributed by atoms with Gasteiger partial charge in [-0.1, -0.05) is 38.1 Å². The molecular weight excluding hydrogens is 356 g/mol. The highest BCUT2D eigenvalue weighted by atomic mass is 16.7. The molecule has 0 amide bonds. The largest absolute Gasteiger partial charge is 0.513 e. The first-order valence-corrected chi connectivity index (χ1v) is 9.39. The Bertz CT molecular complexity index is 865. The van der Waals surface area contributed by atoms with Crippen LogP contribution < -0.4 is 14.2 Å². The topological polar surface area (TPSA) is 54.0 Å². The molecule has 1 heterocycles. The predicted molar refractivity (Wildman–Crippen MR) is 109 cm³/mol. The Morgan fingerprint density at radius 3 is 2.43 bits per heavy atom. The van der Waals surface area contributed by atoms with Crippen LogP contribution in [0.25, 0.3) is 11.6 Å². The molecule has 0 saturated carbocycles. The monoisotopic (exact) mass is 382 g/mol. The minimum atomic E-state index is -0.697. The third-order valence-corrected chi connectivity index (χ3v) is 4.36. The molecule has 0 aliphatic carbocycles. The third kappa shape index (κ3) is 5.06. The molecule has 5 heteroatoms. The van der Waals surface area contributed by atoms with E-state index in [2.05, 4.69) is 19.9 Å². The summed E-state index contributed by atoms with van der Waals surface area (Å²) in [7, 11) is 0. The van der Waals surface area contributed by atoms with E-state index in [1.807, 2.05) is 37.3 Å². The standard InChI is InChI=1S/C23H26O5/c1-5-25-22(24)28-19-9-6-17(7-10-19)12-16(2)18-8-11-20-21(13-18)27-15-23(3,4)14-26-20/h6-13H,5,14-15H2,1-4H3. The Kier molecular flexibility index (Phi) is 5.93. The molecule has 3 rings (SSSR count). The van der Waals surface area contributed by atoms with Gasteiger partial charge in [-0.2, -0.15) is 0 Å². The van der Waals surface area contributed by atoms with Crippen LogP contribution in [0.2, 0.25) is 0 Å². The van der Waals surface area contributed by atoms with Crippen molar-refractivity contribution in [2.24, 2.45) is 5.41 Å². The molecule has 0 atom stereocenters. The second-order valence-electron chi connectivity index (χ2n) is 7.58. The number of carbonyl (C=O) groups excluding carboxylic acids is 1. The van der Waals surface area contributed by atoms with E-state index < -0.39 is 6.16 Å². The summed E-state index contributed by atoms with van der Waals surface area (Å²) >= 11 is 0. The zero-order chi connectivity index (χ0) is 20.1. The van der Waals surface area contributed by atoms with Crippen molar-refractivity contribution in [3.63, 3.8) is 0 Å². The van der Waals surface area contributed by atoms with Gasteiger partial charge in [-0.15, -0.1) is 0 Å². The van der Waals surface area contributed by atoms with Gasteiger partial charge in [0.05, 0.1) is 19.8 Å². The highest BCUT2D eigenvalue weighted by Crippen LogP contribution is 2.36. The Morgan fingerprint density at radius 1 is 1.07 bits per heavy atom. The first kappa shape index (κ1) is 19.8. The summed E-state index contributed by atoms with van der Waals surface area (Å²) in [5.74, 6) is 2.00. The molecule has 0 N–H and O–H groups in total. The lowest BCUT2D eigenvalue weighted by Gasteiger charge is -2.19. The fourth-order valence-corrected chi connectivity index (χ4v) is 2.78. The zero-order valence-corrected chi connectivity index (χ0v) is 16.8. The molecule has 148 valence electrons. The Morgan fingerprint density at radius 2 is 1.75 bits per heavy atom. The molecular formula is C23H26O5. The number of fused-ring (bicyclic) bond motifs is 1. The minimum Gasteiger partial charge on any atom is -0.489 e. The quantitative estimate of drug-likeness (QED) is 0.392. The summed E-state index contributed by atoms with van der Waals surface area (Å²) in [6.45, 7) is 9.57. The molecule has 0 fully saturated rings. The van der Waals surface area contributed by atoms with E-state index in [1.54, 1.807) is 19.1 Å². The van der Waals surface area contributed by atoms with Gasteiger partial charge in [0.1, 0.15) is 5.75 Å². The van der Waals surface area contributed by atoms with E-state index in [0.29, 0.717) is 19.0 Å². The van der Waals surface area contributed by atoms with Crippen molar-refractivity contribution in [1.82, 2.24) is 0 Å². The number of allylic oxidation sites excluding steroid dienone is 1. The second-order valence-corrected chi connectivity index (χ2v) is 7.58. The average molecular weight is 382 g/mol. The zero-order valence-electron chi connectivity index (χ0n) is 16.8. The number of ether oxygens (including phenoxy) is 4. The van der Waals surface area contributed by atoms with Crippen molar-refractivity contribution in [3.8, 4) is 17.2 Å². The van der Waals surface area contributed by atoms with Crippen LogP contribution in [0.4, 0.5) is 4.79 Å². The Balaban J connectivity index is 1.73. The van der Waals surface area contributed by atoms with E-state index in [1.165, 1.54) is 0 Å². The maximum atomic E-state index is 11.4. The van der Waals surface area contributed by atoms with E-state index in [-0.39, 0.29) is 12.0 Å². The highest BCUT2D eigenvalue weighted by Gasteiger charge is 2.25. The number of hydrogen-bond acceptors (Lipinski definition) is 5. The van der Waals surface area contributed by atoms with Gasteiger partial charge in [-0.25, -0.2) is 4.79 Å². The van der Waals surface area contributed by atoms with Crippen molar-refractivity contribution in [1.29, 1.82) is 0 Å². The lowest BCUT2D eigenvalue weighted by atomic mass is 9.97. The molecule has 0 saturated heterocycles. The third-order valence-electron chi connectivity index (χ3n) is 4.36. The number of benzene rings is 2. The molecule has 0 radical (unpaired) electrons. The SMILES string of the molecule is CCOC(=O)Oc1ccc(C=C(C)c2ccc3c(c2)OCC(C)(C)CO3)cc1. The average Bonchev–Trinajstić information content (AvgIpc) is 2.81. The summed E-state index contributed by atoms with van der Waals surface area (Å²) in [6.07, 6.45) is 1.37. The molecule has 5 nitrogen and oxygen atoms in total. The van der Waals surface area contributed by atoms with Gasteiger partial charge >= 0.3 is 6.16 Å². The molecule has 0 aromatic heterocycles. The van der Waals surface area contributed by atoms with Crippen LogP contribution in [-0.2, 0) is 4.74 Å². The van der Waals surface area contributed by atoms with E-state index in [4.69, 9.17) is 18.9 Å². The Hall–Kier alpha value is -2.95. The fourth-order valence-electron chi connectivity index (χ4n) is 2.78. The van der Waals surface area contributed by atoms with E-state index >= 15 is 0 Å². The van der Waals surface area contributed by atoms with Crippen LogP contribution in [0.15, 0.2) is 42.5 Å². The van der Waals surface area contributed by atoms with Crippen LogP contribution in [0.1, 0.15) is 38.8 Å². The van der Waals surface area contributed by atoms with Crippen molar-refractivity contribution in [2.75, 3.05) is 19.8 Å². The molecule has 0 bridgehead atoms. The fraction of sp³-hybridized carbons (Fsp3) is 0.348. The van der Waals surface area contributed by atoms with Gasteiger partial charge in [0.2, 0.25) is 0 Å². The van der Waals surface area contributed by atoms with Gasteiger partial charge in [0.25, 0.3) is 0 Å². The van der Waals surface area contributed by atoms with E-state index in [0.717, 1.165) is 28.2 Å². The summed E-state index contributed by atoms with van der Waals surface area (Å²) in [4.78, 5) is 11.4. The smallest absolute Gasteiger partial charge is 0.489 e. The minimum absolute atomic E-state index is 0.0164. The summed E-state index contributed by atoms with van der Waals surface area (Å²) in [6, 6.07) is 13.3. The molecule has 2 aromatic rings. The molecule has 0 unspecified atom stereocenters. The molecule has 0 spiro atoms. The van der Waals surface area contributed by atoms with Crippen molar-refractivity contribution < 1.29 is 23.7 Å². The van der Waals surface area contributed by atoms with Gasteiger partial charge in [-0.3, -0.25) is 0 Å². The van der Waals surface area contributed by atoms with Gasteiger partial charge in [-0.05, 0) is 54.8 Å². The van der Waals surface area contributed by atoms with Gasteiger partial charge in [0.15, 0.2) is 11.5 Å². The molecule has 1 aliphatic heterocycles. The molecule has 2 aromatic carbocycles. The predicted octanol–water partition coefficient (Wildman–Crippen LogP) is 5.58. The summed E-state index contributed by atoms with van der Waals surface area (Å²) in [5, 5.41) is 0. The van der Waals surface area contributed by atoms with Crippen LogP contribution in [0.5, 0.6) is 17.2 Å². The molecule has 28 heavy (non-hydrogen) atoms. The summed E-state index contributed by atoms with van der Waals surface area (Å²) in [5.41, 5.74) is 3.14. The molecule has 1 aliphatic rings. The number of hydrogen-bond donors (Lipinski definition) is 0. The van der Waals surface area contributed by atoms with Crippen molar-refractivity contribution in [2.45, 2.75) is 27.7 Å². The van der Waals surface area contributed by atoms with E-state index in [9.17, 15) is 4.79 Å². The first-order chi connectivity index (χ1) is 13.4. The van der Waals surface area contributed by atoms with Crippen LogP contribution in [0, 0.1) is 5.41 Å². The Labute approximate surface area is 165 Å². The van der Waals surface area contributed by atoms with Gasteiger partial charge in [0, 0.05) is 5.41 Å². The maximum absolute atomic E-state index is 11.4. The van der Waals surface area contributed by atoms with Crippen LogP contribution in [0.3, 0.4) is 0 Å². The maximum Gasteiger partial charge on any atom is 0.513 e. The van der Waals surface area contributed by atoms with Crippen molar-refractivity contribution in [3.05, 3.63) is 53.6 Å². The summed E-state index contributed by atoms with van der Waals surface area (Å²) < 4.78 is 21.7. The number of rotatable bonds is 4. The lowest BCUT2D eigenvalue weighted by molar-refractivity contribution is 0.104. The normalized spacial score (nSPS) is 15.5. The first-order valence-electron chi connectivity index (χ1n) is 9.39. The number of carbonyl (C=O) groups is 1. The van der Waals surface area contributed by atoms with Crippen LogP contribution >= 0.6 is 0 Å². The second kappa shape index (κ2) is 8.38. The highest BCUT2D eigenvalue weighted by molar-refractivity contribution is 5.81. The van der Waals surface area contributed by atoms with Gasteiger partial charge < -0.3 is 18.9 Å². The van der Waals surface area contributed by atoms with Crippen LogP contribution in [-0.4, -0.2) is 26.0 Å².